The molecule has 24 heavy (non-hydrogen) atoms. The minimum Gasteiger partial charge on any atom is -0.377 e. The van der Waals surface area contributed by atoms with E-state index in [-0.39, 0.29) is 5.78 Å². The molecule has 0 atom stereocenters. The molecule has 0 fully saturated rings. The van der Waals surface area contributed by atoms with Crippen LogP contribution in [0.1, 0.15) is 27.9 Å². The quantitative estimate of drug-likeness (QED) is 0.514. The number of benzene rings is 2. The summed E-state index contributed by atoms with van der Waals surface area (Å²) in [5.41, 5.74) is 2.50. The Balaban J connectivity index is 2.11. The second-order valence-corrected chi connectivity index (χ2v) is 8.59. The first-order chi connectivity index (χ1) is 11.7. The number of hydrogen-bond donors (Lipinski definition) is 0. The van der Waals surface area contributed by atoms with E-state index >= 15 is 0 Å². The minimum atomic E-state index is -2.56. The van der Waals surface area contributed by atoms with Crippen LogP contribution in [0.3, 0.4) is 0 Å². The van der Waals surface area contributed by atoms with E-state index in [0.717, 1.165) is 24.0 Å². The van der Waals surface area contributed by atoms with Crippen LogP contribution in [0.2, 0.25) is 6.04 Å². The maximum absolute atomic E-state index is 12.7. The van der Waals surface area contributed by atoms with Gasteiger partial charge in [0.25, 0.3) is 0 Å². The largest absolute Gasteiger partial charge is 0.500 e. The van der Waals surface area contributed by atoms with E-state index in [1.165, 1.54) is 0 Å². The van der Waals surface area contributed by atoms with Crippen molar-refractivity contribution in [2.45, 2.75) is 18.9 Å². The number of ketones is 1. The zero-order valence-corrected chi connectivity index (χ0v) is 15.5. The molecule has 0 saturated carbocycles. The smallest absolute Gasteiger partial charge is 0.377 e. The van der Waals surface area contributed by atoms with Gasteiger partial charge in [-0.2, -0.15) is 0 Å². The van der Waals surface area contributed by atoms with E-state index in [0.29, 0.717) is 11.6 Å². The summed E-state index contributed by atoms with van der Waals surface area (Å²) in [5, 5.41) is 0. The van der Waals surface area contributed by atoms with Crippen molar-refractivity contribution >= 4 is 14.6 Å². The Labute approximate surface area is 144 Å². The fourth-order valence-corrected chi connectivity index (χ4v) is 4.48. The van der Waals surface area contributed by atoms with Crippen LogP contribution in [0, 0.1) is 0 Å². The van der Waals surface area contributed by atoms with Gasteiger partial charge in [-0.1, -0.05) is 54.6 Å². The minimum absolute atomic E-state index is 0.0555. The molecule has 2 rings (SSSR count). The van der Waals surface area contributed by atoms with Gasteiger partial charge in [-0.3, -0.25) is 4.79 Å². The van der Waals surface area contributed by atoms with Crippen molar-refractivity contribution in [3.63, 3.8) is 0 Å². The Morgan fingerprint density at radius 3 is 2.08 bits per heavy atom. The molecule has 0 aliphatic carbocycles. The second-order valence-electron chi connectivity index (χ2n) is 5.50. The molecule has 0 aliphatic rings. The van der Waals surface area contributed by atoms with E-state index in [9.17, 15) is 4.79 Å². The third kappa shape index (κ3) is 4.39. The van der Waals surface area contributed by atoms with Gasteiger partial charge in [0, 0.05) is 38.5 Å². The van der Waals surface area contributed by atoms with Crippen molar-refractivity contribution < 1.29 is 18.1 Å². The maximum atomic E-state index is 12.7. The molecule has 2 aromatic carbocycles. The highest BCUT2D eigenvalue weighted by Gasteiger charge is 2.36. The van der Waals surface area contributed by atoms with Crippen molar-refractivity contribution in [3.05, 3.63) is 71.3 Å². The summed E-state index contributed by atoms with van der Waals surface area (Å²) in [7, 11) is 2.29. The van der Waals surface area contributed by atoms with Crippen LogP contribution in [0.5, 0.6) is 0 Å². The lowest BCUT2D eigenvalue weighted by molar-refractivity contribution is 0.103. The van der Waals surface area contributed by atoms with E-state index in [1.54, 1.807) is 21.3 Å². The summed E-state index contributed by atoms with van der Waals surface area (Å²) in [6.45, 7) is 0. The Morgan fingerprint density at radius 2 is 1.46 bits per heavy atom. The standard InChI is InChI=1S/C19H24O4Si/c1-21-24(22-2,23-3)15-9-13-16-10-7-8-14-18(16)19(20)17-11-5-4-6-12-17/h4-8,10-12,14H,9,13,15H2,1-3H3. The summed E-state index contributed by atoms with van der Waals surface area (Å²) in [6.07, 6.45) is 1.61. The molecule has 0 N–H and O–H groups in total. The van der Waals surface area contributed by atoms with Crippen molar-refractivity contribution in [3.8, 4) is 0 Å². The Morgan fingerprint density at radius 1 is 0.875 bits per heavy atom. The number of carbonyl (C=O) groups excluding carboxylic acids is 1. The van der Waals surface area contributed by atoms with Crippen molar-refractivity contribution in [1.29, 1.82) is 0 Å². The van der Waals surface area contributed by atoms with E-state index < -0.39 is 8.80 Å². The highest BCUT2D eigenvalue weighted by molar-refractivity contribution is 6.60. The summed E-state index contributed by atoms with van der Waals surface area (Å²) >= 11 is 0. The average Bonchev–Trinajstić information content (AvgIpc) is 2.66. The van der Waals surface area contributed by atoms with Gasteiger partial charge in [0.05, 0.1) is 0 Å². The molecule has 4 nitrogen and oxygen atoms in total. The van der Waals surface area contributed by atoms with Gasteiger partial charge >= 0.3 is 8.80 Å². The molecule has 0 aliphatic heterocycles. The summed E-state index contributed by atoms with van der Waals surface area (Å²) < 4.78 is 16.3. The average molecular weight is 344 g/mol. The zero-order valence-electron chi connectivity index (χ0n) is 14.5. The van der Waals surface area contributed by atoms with Crippen LogP contribution >= 0.6 is 0 Å². The predicted octanol–water partition coefficient (Wildman–Crippen LogP) is 3.73. The zero-order chi connectivity index (χ0) is 17.4. The molecular weight excluding hydrogens is 320 g/mol. The van der Waals surface area contributed by atoms with Crippen LogP contribution < -0.4 is 0 Å². The molecule has 0 spiro atoms. The molecule has 0 heterocycles. The first kappa shape index (κ1) is 18.5. The van der Waals surface area contributed by atoms with Gasteiger partial charge in [0.15, 0.2) is 5.78 Å². The predicted molar refractivity (Wildman–Crippen MR) is 96.2 cm³/mol. The topological polar surface area (TPSA) is 44.8 Å². The highest BCUT2D eigenvalue weighted by Crippen LogP contribution is 2.20. The third-order valence-electron chi connectivity index (χ3n) is 4.16. The molecule has 5 heteroatoms. The lowest BCUT2D eigenvalue weighted by Crippen LogP contribution is -2.42. The highest BCUT2D eigenvalue weighted by atomic mass is 28.4. The Hall–Kier alpha value is -1.79. The fraction of sp³-hybridized carbons (Fsp3) is 0.316. The normalized spacial score (nSPS) is 11.5. The van der Waals surface area contributed by atoms with Gasteiger partial charge in [-0.25, -0.2) is 0 Å². The maximum Gasteiger partial charge on any atom is 0.500 e. The fourth-order valence-electron chi connectivity index (χ4n) is 2.76. The van der Waals surface area contributed by atoms with Crippen LogP contribution in [0.15, 0.2) is 54.6 Å². The number of aryl methyl sites for hydroxylation is 1. The molecule has 128 valence electrons. The van der Waals surface area contributed by atoms with Crippen LogP contribution in [0.4, 0.5) is 0 Å². The van der Waals surface area contributed by atoms with Gasteiger partial charge in [0.2, 0.25) is 0 Å². The van der Waals surface area contributed by atoms with Crippen molar-refractivity contribution in [2.75, 3.05) is 21.3 Å². The summed E-state index contributed by atoms with van der Waals surface area (Å²) in [4.78, 5) is 12.7. The van der Waals surface area contributed by atoms with E-state index in [4.69, 9.17) is 13.3 Å². The Bertz CT molecular complexity index is 645. The Kier molecular flexibility index (Phi) is 6.87. The van der Waals surface area contributed by atoms with Gasteiger partial charge < -0.3 is 13.3 Å². The third-order valence-corrected chi connectivity index (χ3v) is 6.99. The molecule has 2 aromatic rings. The van der Waals surface area contributed by atoms with Crippen LogP contribution in [-0.4, -0.2) is 35.9 Å². The number of rotatable bonds is 9. The number of hydrogen-bond acceptors (Lipinski definition) is 4. The van der Waals surface area contributed by atoms with E-state index in [2.05, 4.69) is 0 Å². The molecule has 0 aromatic heterocycles. The van der Waals surface area contributed by atoms with Crippen molar-refractivity contribution in [1.82, 2.24) is 0 Å². The first-order valence-electron chi connectivity index (χ1n) is 7.99. The second kappa shape index (κ2) is 8.89. The molecule has 0 unspecified atom stereocenters. The molecule has 0 saturated heterocycles. The summed E-state index contributed by atoms with van der Waals surface area (Å²) in [5.74, 6) is 0.0555. The lowest BCUT2D eigenvalue weighted by atomic mass is 9.96. The lowest BCUT2D eigenvalue weighted by Gasteiger charge is -2.24. The van der Waals surface area contributed by atoms with Crippen molar-refractivity contribution in [2.24, 2.45) is 0 Å². The molecule has 0 bridgehead atoms. The summed E-state index contributed by atoms with van der Waals surface area (Å²) in [6, 6.07) is 17.8. The van der Waals surface area contributed by atoms with Gasteiger partial charge in [0.1, 0.15) is 0 Å². The SMILES string of the molecule is CO[Si](CCCc1ccccc1C(=O)c1ccccc1)(OC)OC. The molecular formula is C19H24O4Si. The van der Waals surface area contributed by atoms with Gasteiger partial charge in [-0.05, 0) is 18.4 Å². The number of carbonyl (C=O) groups is 1. The van der Waals surface area contributed by atoms with Gasteiger partial charge in [-0.15, -0.1) is 0 Å². The molecule has 0 radical (unpaired) electrons. The van der Waals surface area contributed by atoms with Crippen LogP contribution in [0.25, 0.3) is 0 Å². The van der Waals surface area contributed by atoms with E-state index in [1.807, 2.05) is 54.6 Å². The monoisotopic (exact) mass is 344 g/mol. The molecule has 0 amide bonds. The van der Waals surface area contributed by atoms with Crippen LogP contribution in [-0.2, 0) is 19.7 Å². The first-order valence-corrected chi connectivity index (χ1v) is 9.92.